The number of carbonyl (C=O) groups excluding carboxylic acids is 1. The van der Waals surface area contributed by atoms with Gasteiger partial charge < -0.3 is 16.0 Å². The summed E-state index contributed by atoms with van der Waals surface area (Å²) < 4.78 is 0. The molecule has 2 unspecified atom stereocenters. The van der Waals surface area contributed by atoms with Crippen LogP contribution >= 0.6 is 0 Å². The number of rotatable bonds is 6. The molecule has 0 fully saturated rings. The maximum Gasteiger partial charge on any atom is 0.222 e. The van der Waals surface area contributed by atoms with Crippen molar-refractivity contribution in [3.8, 4) is 0 Å². The van der Waals surface area contributed by atoms with E-state index in [9.17, 15) is 4.79 Å². The third kappa shape index (κ3) is 5.87. The number of nitrogens with zero attached hydrogens (tertiary/aromatic N) is 1. The number of hydrogen-bond donors (Lipinski definition) is 3. The molecule has 1 rings (SSSR count). The number of H-pyrrole nitrogens is 1. The monoisotopic (exact) mass is 266 g/mol. The molecule has 0 aliphatic rings. The van der Waals surface area contributed by atoms with Gasteiger partial charge in [0, 0.05) is 24.9 Å². The van der Waals surface area contributed by atoms with Gasteiger partial charge in [0.15, 0.2) is 0 Å². The first kappa shape index (κ1) is 15.7. The van der Waals surface area contributed by atoms with Crippen molar-refractivity contribution in [2.75, 3.05) is 0 Å². The molecule has 5 nitrogen and oxygen atoms in total. The summed E-state index contributed by atoms with van der Waals surface area (Å²) in [6, 6.07) is -0.168. The Balaban J connectivity index is 2.46. The fraction of sp³-hybridized carbons (Fsp3) is 0.714. The van der Waals surface area contributed by atoms with Crippen molar-refractivity contribution in [1.82, 2.24) is 15.3 Å². The van der Waals surface area contributed by atoms with Crippen molar-refractivity contribution >= 4 is 5.91 Å². The first-order chi connectivity index (χ1) is 8.81. The molecule has 0 aliphatic heterocycles. The molecule has 0 aliphatic carbocycles. The number of imidazole rings is 1. The van der Waals surface area contributed by atoms with Gasteiger partial charge in [-0.15, -0.1) is 0 Å². The van der Waals surface area contributed by atoms with Gasteiger partial charge in [-0.25, -0.2) is 4.98 Å². The summed E-state index contributed by atoms with van der Waals surface area (Å²) in [7, 11) is 0. The van der Waals surface area contributed by atoms with Gasteiger partial charge in [0.1, 0.15) is 5.82 Å². The smallest absolute Gasteiger partial charge is 0.222 e. The maximum absolute atomic E-state index is 12.0. The molecule has 1 heterocycles. The average Bonchev–Trinajstić information content (AvgIpc) is 2.75. The van der Waals surface area contributed by atoms with Gasteiger partial charge in [-0.1, -0.05) is 27.7 Å². The lowest BCUT2D eigenvalue weighted by Gasteiger charge is -2.23. The molecule has 19 heavy (non-hydrogen) atoms. The van der Waals surface area contributed by atoms with E-state index in [1.807, 2.05) is 6.92 Å². The van der Waals surface area contributed by atoms with E-state index in [-0.39, 0.29) is 23.4 Å². The van der Waals surface area contributed by atoms with E-state index in [0.29, 0.717) is 6.42 Å². The van der Waals surface area contributed by atoms with E-state index in [0.717, 1.165) is 18.7 Å². The summed E-state index contributed by atoms with van der Waals surface area (Å²) in [4.78, 5) is 19.2. The molecule has 0 saturated heterocycles. The van der Waals surface area contributed by atoms with Crippen LogP contribution in [0.3, 0.4) is 0 Å². The topological polar surface area (TPSA) is 83.8 Å². The average molecular weight is 266 g/mol. The van der Waals surface area contributed by atoms with Crippen LogP contribution < -0.4 is 11.1 Å². The van der Waals surface area contributed by atoms with Crippen molar-refractivity contribution < 1.29 is 4.79 Å². The third-order valence-corrected chi connectivity index (χ3v) is 2.92. The molecule has 0 aromatic carbocycles. The van der Waals surface area contributed by atoms with Crippen molar-refractivity contribution in [3.05, 3.63) is 18.2 Å². The van der Waals surface area contributed by atoms with Crippen LogP contribution in [0.1, 0.15) is 58.8 Å². The molecule has 0 saturated carbocycles. The second-order valence-electron chi connectivity index (χ2n) is 6.23. The number of carbonyl (C=O) groups is 1. The van der Waals surface area contributed by atoms with E-state index in [2.05, 4.69) is 36.1 Å². The van der Waals surface area contributed by atoms with Crippen LogP contribution in [-0.2, 0) is 4.79 Å². The molecular formula is C14H26N4O. The number of nitrogens with one attached hydrogen (secondary N) is 2. The summed E-state index contributed by atoms with van der Waals surface area (Å²) in [6.07, 6.45) is 5.44. The first-order valence-electron chi connectivity index (χ1n) is 6.86. The predicted octanol–water partition coefficient (Wildman–Crippen LogP) is 2.13. The van der Waals surface area contributed by atoms with Crippen molar-refractivity contribution in [1.29, 1.82) is 0 Å². The Morgan fingerprint density at radius 2 is 2.21 bits per heavy atom. The molecule has 1 aromatic rings. The highest BCUT2D eigenvalue weighted by Crippen LogP contribution is 2.21. The lowest BCUT2D eigenvalue weighted by molar-refractivity contribution is -0.122. The maximum atomic E-state index is 12.0. The molecular weight excluding hydrogens is 240 g/mol. The number of aromatic nitrogens is 2. The second kappa shape index (κ2) is 6.70. The highest BCUT2D eigenvalue weighted by atomic mass is 16.1. The minimum Gasteiger partial charge on any atom is -0.347 e. The van der Waals surface area contributed by atoms with E-state index in [1.54, 1.807) is 12.4 Å². The SMILES string of the molecule is CCC(NC(=O)CC(N)CC(C)(C)C)c1ncc[nH]1. The van der Waals surface area contributed by atoms with Gasteiger partial charge in [-0.2, -0.15) is 0 Å². The Morgan fingerprint density at radius 3 is 2.68 bits per heavy atom. The number of aromatic amines is 1. The molecule has 2 atom stereocenters. The van der Waals surface area contributed by atoms with Gasteiger partial charge in [-0.05, 0) is 18.3 Å². The van der Waals surface area contributed by atoms with Crippen LogP contribution in [0.15, 0.2) is 12.4 Å². The lowest BCUT2D eigenvalue weighted by Crippen LogP contribution is -2.36. The van der Waals surface area contributed by atoms with Gasteiger partial charge in [0.2, 0.25) is 5.91 Å². The van der Waals surface area contributed by atoms with E-state index in [1.165, 1.54) is 0 Å². The summed E-state index contributed by atoms with van der Waals surface area (Å²) in [5, 5.41) is 2.97. The van der Waals surface area contributed by atoms with Crippen molar-refractivity contribution in [3.63, 3.8) is 0 Å². The summed E-state index contributed by atoms with van der Waals surface area (Å²) in [6.45, 7) is 8.40. The molecule has 0 bridgehead atoms. The summed E-state index contributed by atoms with van der Waals surface area (Å²) in [5.74, 6) is 0.778. The third-order valence-electron chi connectivity index (χ3n) is 2.92. The van der Waals surface area contributed by atoms with Gasteiger partial charge in [0.05, 0.1) is 6.04 Å². The quantitative estimate of drug-likeness (QED) is 0.737. The van der Waals surface area contributed by atoms with Crippen molar-refractivity contribution in [2.45, 2.75) is 59.0 Å². The predicted molar refractivity (Wildman–Crippen MR) is 76.4 cm³/mol. The van der Waals surface area contributed by atoms with E-state index in [4.69, 9.17) is 5.73 Å². The summed E-state index contributed by atoms with van der Waals surface area (Å²) in [5.41, 5.74) is 6.16. The standard InChI is InChI=1S/C14H26N4O/c1-5-11(13-16-6-7-17-13)18-12(19)8-10(15)9-14(2,3)4/h6-7,10-11H,5,8-9,15H2,1-4H3,(H,16,17)(H,18,19). The lowest BCUT2D eigenvalue weighted by atomic mass is 9.87. The Kier molecular flexibility index (Phi) is 5.54. The zero-order valence-electron chi connectivity index (χ0n) is 12.4. The first-order valence-corrected chi connectivity index (χ1v) is 6.86. The van der Waals surface area contributed by atoms with E-state index < -0.39 is 0 Å². The molecule has 0 spiro atoms. The largest absolute Gasteiger partial charge is 0.347 e. The van der Waals surface area contributed by atoms with Crippen LogP contribution in [-0.4, -0.2) is 21.9 Å². The van der Waals surface area contributed by atoms with Gasteiger partial charge in [-0.3, -0.25) is 4.79 Å². The van der Waals surface area contributed by atoms with Crippen LogP contribution in [0.2, 0.25) is 0 Å². The molecule has 0 radical (unpaired) electrons. The fourth-order valence-electron chi connectivity index (χ4n) is 2.18. The Bertz CT molecular complexity index is 381. The Labute approximate surface area is 115 Å². The molecule has 1 amide bonds. The minimum absolute atomic E-state index is 0.0139. The normalized spacial score (nSPS) is 15.0. The van der Waals surface area contributed by atoms with Crippen LogP contribution in [0, 0.1) is 5.41 Å². The second-order valence-corrected chi connectivity index (χ2v) is 6.23. The molecule has 1 aromatic heterocycles. The van der Waals surface area contributed by atoms with Crippen LogP contribution in [0.25, 0.3) is 0 Å². The van der Waals surface area contributed by atoms with E-state index >= 15 is 0 Å². The van der Waals surface area contributed by atoms with Crippen LogP contribution in [0.5, 0.6) is 0 Å². The fourth-order valence-corrected chi connectivity index (χ4v) is 2.18. The molecule has 108 valence electrons. The van der Waals surface area contributed by atoms with Gasteiger partial charge >= 0.3 is 0 Å². The molecule has 4 N–H and O–H groups in total. The molecule has 5 heteroatoms. The number of nitrogens with two attached hydrogens (primary N) is 1. The van der Waals surface area contributed by atoms with Crippen molar-refractivity contribution in [2.24, 2.45) is 11.1 Å². The Morgan fingerprint density at radius 1 is 1.53 bits per heavy atom. The summed E-state index contributed by atoms with van der Waals surface area (Å²) >= 11 is 0. The Hall–Kier alpha value is -1.36. The minimum atomic E-state index is -0.103. The highest BCUT2D eigenvalue weighted by molar-refractivity contribution is 5.76. The highest BCUT2D eigenvalue weighted by Gasteiger charge is 2.20. The van der Waals surface area contributed by atoms with Gasteiger partial charge in [0.25, 0.3) is 0 Å². The zero-order chi connectivity index (χ0) is 14.5. The number of amides is 1. The van der Waals surface area contributed by atoms with Crippen LogP contribution in [0.4, 0.5) is 0 Å². The number of hydrogen-bond acceptors (Lipinski definition) is 3. The zero-order valence-corrected chi connectivity index (χ0v) is 12.4.